The molecule has 1 aromatic rings. The Hall–Kier alpha value is -0.390. The highest BCUT2D eigenvalue weighted by Gasteiger charge is 2.35. The van der Waals surface area contributed by atoms with E-state index in [4.69, 9.17) is 0 Å². The number of fused-ring (bicyclic) bond motifs is 1. The minimum Gasteiger partial charge on any atom is -0.338 e. The van der Waals surface area contributed by atoms with Crippen molar-refractivity contribution < 1.29 is 4.79 Å². The number of nitrogens with zero attached hydrogens (tertiary/aromatic N) is 2. The number of piperidine rings is 2. The van der Waals surface area contributed by atoms with Crippen molar-refractivity contribution in [1.29, 1.82) is 0 Å². The zero-order valence-electron chi connectivity index (χ0n) is 12.2. The van der Waals surface area contributed by atoms with Crippen molar-refractivity contribution in [3.63, 3.8) is 0 Å². The van der Waals surface area contributed by atoms with E-state index in [0.29, 0.717) is 12.0 Å². The van der Waals surface area contributed by atoms with Gasteiger partial charge in [0, 0.05) is 33.6 Å². The Morgan fingerprint density at radius 2 is 1.86 bits per heavy atom. The van der Waals surface area contributed by atoms with Gasteiger partial charge in [0.25, 0.3) is 5.91 Å². The summed E-state index contributed by atoms with van der Waals surface area (Å²) in [7, 11) is 2.22. The monoisotopic (exact) mass is 414 g/mol. The zero-order chi connectivity index (χ0) is 15.0. The first-order valence-electron chi connectivity index (χ1n) is 7.50. The van der Waals surface area contributed by atoms with Gasteiger partial charge in [0.2, 0.25) is 0 Å². The second kappa shape index (κ2) is 6.39. The van der Waals surface area contributed by atoms with Crippen LogP contribution in [0.3, 0.4) is 0 Å². The van der Waals surface area contributed by atoms with Crippen LogP contribution >= 0.6 is 31.9 Å². The Morgan fingerprint density at radius 1 is 1.14 bits per heavy atom. The fourth-order valence-corrected chi connectivity index (χ4v) is 4.99. The summed E-state index contributed by atoms with van der Waals surface area (Å²) in [5.74, 6) is 0.792. The van der Waals surface area contributed by atoms with E-state index < -0.39 is 0 Å². The lowest BCUT2D eigenvalue weighted by Gasteiger charge is -2.46. The second-order valence-electron chi connectivity index (χ2n) is 6.15. The minimum absolute atomic E-state index is 0.156. The minimum atomic E-state index is 0.156. The molecule has 0 saturated carbocycles. The Labute approximate surface area is 142 Å². The summed E-state index contributed by atoms with van der Waals surface area (Å²) in [6, 6.07) is 6.44. The van der Waals surface area contributed by atoms with Gasteiger partial charge in [-0.25, -0.2) is 0 Å². The van der Waals surface area contributed by atoms with E-state index in [1.807, 2.05) is 23.1 Å². The molecule has 0 aromatic heterocycles. The van der Waals surface area contributed by atoms with Gasteiger partial charge in [-0.3, -0.25) is 4.79 Å². The number of hydrogen-bond acceptors (Lipinski definition) is 2. The van der Waals surface area contributed by atoms with Crippen molar-refractivity contribution in [2.45, 2.75) is 25.3 Å². The van der Waals surface area contributed by atoms with Crippen LogP contribution < -0.4 is 0 Å². The van der Waals surface area contributed by atoms with E-state index in [0.717, 1.165) is 34.0 Å². The van der Waals surface area contributed by atoms with Crippen LogP contribution in [-0.4, -0.2) is 48.4 Å². The average Bonchev–Trinajstić information content (AvgIpc) is 2.45. The van der Waals surface area contributed by atoms with E-state index in [9.17, 15) is 4.79 Å². The van der Waals surface area contributed by atoms with Gasteiger partial charge in [-0.2, -0.15) is 0 Å². The van der Waals surface area contributed by atoms with Gasteiger partial charge in [0.1, 0.15) is 0 Å². The lowest BCUT2D eigenvalue weighted by Crippen LogP contribution is -2.53. The first kappa shape index (κ1) is 15.5. The van der Waals surface area contributed by atoms with E-state index in [1.165, 1.54) is 19.4 Å². The molecule has 0 N–H and O–H groups in total. The lowest BCUT2D eigenvalue weighted by atomic mass is 9.84. The molecular weight excluding hydrogens is 396 g/mol. The van der Waals surface area contributed by atoms with E-state index in [2.05, 4.69) is 43.8 Å². The maximum Gasteiger partial charge on any atom is 0.253 e. The number of benzene rings is 1. The summed E-state index contributed by atoms with van der Waals surface area (Å²) in [6.07, 6.45) is 3.60. The number of carbonyl (C=O) groups excluding carboxylic acids is 1. The molecule has 21 heavy (non-hydrogen) atoms. The summed E-state index contributed by atoms with van der Waals surface area (Å²) >= 11 is 6.92. The van der Waals surface area contributed by atoms with Crippen LogP contribution in [0.4, 0.5) is 0 Å². The third-order valence-corrected chi connectivity index (χ3v) is 5.66. The highest BCUT2D eigenvalue weighted by atomic mass is 79.9. The van der Waals surface area contributed by atoms with Crippen LogP contribution in [0.25, 0.3) is 0 Å². The molecule has 2 heterocycles. The molecule has 2 aliphatic rings. The Balaban J connectivity index is 1.74. The van der Waals surface area contributed by atoms with Gasteiger partial charge in [-0.05, 0) is 57.0 Å². The third kappa shape index (κ3) is 3.35. The summed E-state index contributed by atoms with van der Waals surface area (Å²) in [4.78, 5) is 17.2. The largest absolute Gasteiger partial charge is 0.338 e. The molecule has 2 saturated heterocycles. The van der Waals surface area contributed by atoms with E-state index in [-0.39, 0.29) is 5.91 Å². The smallest absolute Gasteiger partial charge is 0.253 e. The Bertz CT molecular complexity index is 529. The van der Waals surface area contributed by atoms with Crippen molar-refractivity contribution in [3.8, 4) is 0 Å². The molecule has 3 nitrogen and oxygen atoms in total. The number of halogens is 2. The number of carbonyl (C=O) groups is 1. The van der Waals surface area contributed by atoms with Crippen LogP contribution in [0.2, 0.25) is 0 Å². The zero-order valence-corrected chi connectivity index (χ0v) is 15.4. The Morgan fingerprint density at radius 3 is 2.57 bits per heavy atom. The molecule has 3 rings (SSSR count). The fourth-order valence-electron chi connectivity index (χ4n) is 3.70. The fraction of sp³-hybridized carbons (Fsp3) is 0.562. The number of hydrogen-bond donors (Lipinski definition) is 0. The van der Waals surface area contributed by atoms with Crippen LogP contribution in [0.5, 0.6) is 0 Å². The number of likely N-dealkylation sites (tertiary alicyclic amines) is 2. The van der Waals surface area contributed by atoms with Crippen molar-refractivity contribution in [2.24, 2.45) is 5.92 Å². The molecule has 0 spiro atoms. The summed E-state index contributed by atoms with van der Waals surface area (Å²) < 4.78 is 1.88. The number of amides is 1. The maximum absolute atomic E-state index is 12.7. The molecule has 0 bridgehead atoms. The predicted octanol–water partition coefficient (Wildman–Crippen LogP) is 3.77. The average molecular weight is 416 g/mol. The predicted molar refractivity (Wildman–Crippen MR) is 91.5 cm³/mol. The maximum atomic E-state index is 12.7. The van der Waals surface area contributed by atoms with Crippen LogP contribution in [0.1, 0.15) is 29.6 Å². The number of rotatable bonds is 1. The highest BCUT2D eigenvalue weighted by Crippen LogP contribution is 2.30. The highest BCUT2D eigenvalue weighted by molar-refractivity contribution is 9.11. The summed E-state index contributed by atoms with van der Waals surface area (Å²) in [5, 5.41) is 0. The van der Waals surface area contributed by atoms with Crippen molar-refractivity contribution in [2.75, 3.05) is 26.7 Å². The SMILES string of the molecule is CN1CCCC2CN(C(=O)c3cc(Br)cc(Br)c3)CCC21. The standard InChI is InChI=1S/C16H20Br2N2O/c1-19-5-2-3-11-10-20(6-4-15(11)19)16(21)12-7-13(17)9-14(18)8-12/h7-9,11,15H,2-6,10H2,1H3. The molecular formula is C16H20Br2N2O. The summed E-state index contributed by atoms with van der Waals surface area (Å²) in [5.41, 5.74) is 0.763. The van der Waals surface area contributed by atoms with Crippen molar-refractivity contribution in [3.05, 3.63) is 32.7 Å². The van der Waals surface area contributed by atoms with Crippen LogP contribution in [0, 0.1) is 5.92 Å². The van der Waals surface area contributed by atoms with Crippen LogP contribution in [0.15, 0.2) is 27.1 Å². The van der Waals surface area contributed by atoms with Gasteiger partial charge < -0.3 is 9.80 Å². The molecule has 2 aliphatic heterocycles. The van der Waals surface area contributed by atoms with Gasteiger partial charge in [0.05, 0.1) is 0 Å². The Kier molecular flexibility index (Phi) is 4.71. The molecule has 1 amide bonds. The quantitative estimate of drug-likeness (QED) is 0.696. The van der Waals surface area contributed by atoms with Crippen LogP contribution in [-0.2, 0) is 0 Å². The van der Waals surface area contributed by atoms with Gasteiger partial charge in [-0.15, -0.1) is 0 Å². The molecule has 1 aromatic carbocycles. The molecule has 2 fully saturated rings. The molecule has 0 aliphatic carbocycles. The topological polar surface area (TPSA) is 23.6 Å². The van der Waals surface area contributed by atoms with E-state index >= 15 is 0 Å². The third-order valence-electron chi connectivity index (χ3n) is 4.74. The normalized spacial score (nSPS) is 26.5. The van der Waals surface area contributed by atoms with E-state index in [1.54, 1.807) is 0 Å². The lowest BCUT2D eigenvalue weighted by molar-refractivity contribution is 0.0317. The first-order chi connectivity index (χ1) is 10.0. The molecule has 0 radical (unpaired) electrons. The molecule has 5 heteroatoms. The van der Waals surface area contributed by atoms with Gasteiger partial charge in [0.15, 0.2) is 0 Å². The van der Waals surface area contributed by atoms with Crippen molar-refractivity contribution in [1.82, 2.24) is 9.80 Å². The molecule has 2 atom stereocenters. The molecule has 2 unspecified atom stereocenters. The second-order valence-corrected chi connectivity index (χ2v) is 7.98. The van der Waals surface area contributed by atoms with Gasteiger partial charge in [-0.1, -0.05) is 31.9 Å². The summed E-state index contributed by atoms with van der Waals surface area (Å²) in [6.45, 7) is 2.97. The van der Waals surface area contributed by atoms with Crippen molar-refractivity contribution >= 4 is 37.8 Å². The first-order valence-corrected chi connectivity index (χ1v) is 9.09. The van der Waals surface area contributed by atoms with Gasteiger partial charge >= 0.3 is 0 Å². The molecule has 114 valence electrons.